The van der Waals surface area contributed by atoms with Gasteiger partial charge in [-0.2, -0.15) is 13.2 Å². The molecule has 11 aromatic rings. The van der Waals surface area contributed by atoms with E-state index < -0.39 is 30.5 Å². The third kappa shape index (κ3) is 17.3. The van der Waals surface area contributed by atoms with Gasteiger partial charge in [0.2, 0.25) is 0 Å². The predicted octanol–water partition coefficient (Wildman–Crippen LogP) is 12.6. The van der Waals surface area contributed by atoms with Crippen molar-refractivity contribution in [1.82, 2.24) is 65.8 Å². The van der Waals surface area contributed by atoms with Crippen molar-refractivity contribution in [3.05, 3.63) is 229 Å². The van der Waals surface area contributed by atoms with Crippen LogP contribution < -0.4 is 65.2 Å². The molecule has 8 aliphatic heterocycles. The second-order valence-electron chi connectivity index (χ2n) is 31.0. The maximum atomic E-state index is 13.4. The number of benzene rings is 1. The first-order valence-corrected chi connectivity index (χ1v) is 40.3. The van der Waals surface area contributed by atoms with E-state index >= 15 is 0 Å². The summed E-state index contributed by atoms with van der Waals surface area (Å²) in [4.78, 5) is 113. The summed E-state index contributed by atoms with van der Waals surface area (Å²) in [6, 6.07) is 43.3. The number of hydrogen-bond acceptors (Lipinski definition) is 21. The highest BCUT2D eigenvalue weighted by atomic mass is 19.4. The summed E-state index contributed by atoms with van der Waals surface area (Å²) in [6.45, 7) is 13.0. The minimum absolute atomic E-state index is 0.00542. The molecule has 120 heavy (non-hydrogen) atoms. The number of aromatic nitrogens is 10. The minimum Gasteiger partial charge on any atom is -0.491 e. The van der Waals surface area contributed by atoms with Crippen molar-refractivity contribution in [3.8, 4) is 50.8 Å². The first-order valence-electron chi connectivity index (χ1n) is 40.3. The topological polar surface area (TPSA) is 321 Å². The molecule has 5 atom stereocenters. The molecular weight excluding hydrogens is 1530 g/mol. The number of aliphatic hydroxyl groups excluding tert-OH is 2. The van der Waals surface area contributed by atoms with Gasteiger partial charge >= 0.3 is 30.3 Å². The summed E-state index contributed by atoms with van der Waals surface area (Å²) < 4.78 is 45.2. The van der Waals surface area contributed by atoms with E-state index in [4.69, 9.17) is 24.8 Å². The van der Waals surface area contributed by atoms with Gasteiger partial charge in [0.15, 0.2) is 23.3 Å². The van der Waals surface area contributed by atoms with Gasteiger partial charge < -0.3 is 50.5 Å². The highest BCUT2D eigenvalue weighted by molar-refractivity contribution is 6.05. The van der Waals surface area contributed by atoms with Crippen LogP contribution in [0.3, 0.4) is 0 Å². The minimum atomic E-state index is -4.48. The third-order valence-electron chi connectivity index (χ3n) is 22.6. The number of pyridine rings is 10. The summed E-state index contributed by atoms with van der Waals surface area (Å²) in [6.07, 6.45) is 14.1. The van der Waals surface area contributed by atoms with Crippen LogP contribution in [0.15, 0.2) is 195 Å². The number of halogens is 3. The smallest absolute Gasteiger partial charge is 0.416 e. The van der Waals surface area contributed by atoms with Crippen LogP contribution in [0, 0.1) is 20.8 Å². The average molecular weight is 1620 g/mol. The van der Waals surface area contributed by atoms with Crippen molar-refractivity contribution in [3.63, 3.8) is 0 Å². The van der Waals surface area contributed by atoms with Gasteiger partial charge in [-0.05, 0) is 186 Å². The van der Waals surface area contributed by atoms with Gasteiger partial charge in [0, 0.05) is 166 Å². The van der Waals surface area contributed by atoms with Crippen LogP contribution >= 0.6 is 0 Å². The lowest BCUT2D eigenvalue weighted by Gasteiger charge is -2.36. The Hall–Kier alpha value is -13.5. The fraction of sp³-hybridized carbons (Fsp3) is 0.318. The van der Waals surface area contributed by atoms with Crippen LogP contribution in [0.5, 0.6) is 5.75 Å². The molecule has 18 heterocycles. The third-order valence-corrected chi connectivity index (χ3v) is 22.6. The quantitative estimate of drug-likeness (QED) is 0.0589. The lowest BCUT2D eigenvalue weighted by molar-refractivity contribution is -0.137. The predicted molar refractivity (Wildman–Crippen MR) is 450 cm³/mol. The molecule has 29 nitrogen and oxygen atoms in total. The monoisotopic (exact) mass is 1620 g/mol. The molecule has 0 unspecified atom stereocenters. The van der Waals surface area contributed by atoms with Crippen LogP contribution in [0.25, 0.3) is 45.0 Å². The second-order valence-corrected chi connectivity index (χ2v) is 31.0. The number of aryl methyl sites for hydroxylation is 3. The van der Waals surface area contributed by atoms with Crippen LogP contribution in [0.1, 0.15) is 72.3 Å². The summed E-state index contributed by atoms with van der Waals surface area (Å²) in [7, 11) is 0. The Bertz CT molecular complexity index is 5450. The highest BCUT2D eigenvalue weighted by Gasteiger charge is 2.45. The van der Waals surface area contributed by atoms with Gasteiger partial charge in [-0.1, -0.05) is 24.3 Å². The van der Waals surface area contributed by atoms with Crippen LogP contribution in [0.2, 0.25) is 0 Å². The van der Waals surface area contributed by atoms with Crippen LogP contribution in [-0.4, -0.2) is 186 Å². The number of ether oxygens (including phenoxy) is 1. The molecular formula is C88H89F3N22O7. The van der Waals surface area contributed by atoms with Gasteiger partial charge in [0.25, 0.3) is 0 Å². The van der Waals surface area contributed by atoms with Crippen molar-refractivity contribution < 1.29 is 47.3 Å². The zero-order valence-corrected chi connectivity index (χ0v) is 66.3. The number of alkyl halides is 3. The number of nitrogens with zero attached hydrogens (tertiary/aromatic N) is 18. The normalized spacial score (nSPS) is 18.1. The van der Waals surface area contributed by atoms with E-state index in [0.717, 1.165) is 192 Å². The average Bonchev–Trinajstić information content (AvgIpc) is 1.56. The fourth-order valence-corrected chi connectivity index (χ4v) is 16.5. The largest absolute Gasteiger partial charge is 0.491 e. The molecule has 614 valence electrons. The van der Waals surface area contributed by atoms with Crippen LogP contribution in [0.4, 0.5) is 84.2 Å². The summed E-state index contributed by atoms with van der Waals surface area (Å²) in [5, 5.41) is 30.4. The van der Waals surface area contributed by atoms with Crippen molar-refractivity contribution in [2.75, 3.05) is 110 Å². The molecule has 5 fully saturated rings. The Morgan fingerprint density at radius 3 is 1.24 bits per heavy atom. The lowest BCUT2D eigenvalue weighted by Crippen LogP contribution is -2.51. The molecule has 4 saturated heterocycles. The van der Waals surface area contributed by atoms with Gasteiger partial charge in [-0.15, -0.1) is 0 Å². The summed E-state index contributed by atoms with van der Waals surface area (Å²) in [5.41, 5.74) is 14.1. The first-order chi connectivity index (χ1) is 58.3. The fourth-order valence-electron chi connectivity index (χ4n) is 16.5. The Morgan fingerprint density at radius 1 is 0.458 bits per heavy atom. The SMILES string of the molecule is Cc1cc(-c2ccc3c(n2)N(C(=O)NC2CC2)[C@H]2CCN3C2)ccn1.Cc1cc(-c2ccc3c(n2)N(C(=O)NCc2cccnc2)[C@H]2CCN3C2)ccn1.Cc1cc(-c2ccc3c(n2)N(C(=O)NCc2cccnc2)[C@H]2CCN3C2)ccn1.O=C(Nc1cc(OC[C@@H](O)CO)ccn1)N1c2nc(-c3cccc(C(F)(F)F)c3)ccc2N2CC[C@H]1C2. The second kappa shape index (κ2) is 34.2. The zero-order valence-electron chi connectivity index (χ0n) is 66.3. The van der Waals surface area contributed by atoms with Crippen molar-refractivity contribution >= 4 is 76.0 Å². The van der Waals surface area contributed by atoms with Gasteiger partial charge in [0.05, 0.1) is 81.9 Å². The molecule has 8 amide bonds. The maximum Gasteiger partial charge on any atom is 0.416 e. The maximum absolute atomic E-state index is 13.4. The van der Waals surface area contributed by atoms with E-state index in [1.54, 1.807) is 67.6 Å². The van der Waals surface area contributed by atoms with Crippen molar-refractivity contribution in [2.45, 2.75) is 115 Å². The zero-order chi connectivity index (χ0) is 82.7. The molecule has 0 radical (unpaired) electrons. The number of carbonyl (C=O) groups is 4. The molecule has 8 bridgehead atoms. The number of anilines is 9. The Balaban J connectivity index is 0.000000115. The van der Waals surface area contributed by atoms with Gasteiger partial charge in [-0.25, -0.2) is 44.1 Å². The highest BCUT2D eigenvalue weighted by Crippen LogP contribution is 2.46. The van der Waals surface area contributed by atoms with E-state index in [9.17, 15) is 37.5 Å². The summed E-state index contributed by atoms with van der Waals surface area (Å²) >= 11 is 0. The summed E-state index contributed by atoms with van der Waals surface area (Å²) in [5.74, 6) is 3.16. The Morgan fingerprint density at radius 2 is 0.858 bits per heavy atom. The standard InChI is InChI=1S/C25H24F3N5O4.2C22H22N6O.C19H21N5O/c26-25(27,28)16-3-1-2-15(10-16)20-4-5-21-23(30-20)33(17-7-9-32(21)12-17)24(36)31-22-11-19(6-8-29-22)37-14-18(35)13-34;2*1-15-11-17(6-9-24-15)19-4-5-20-21(26-19)28(18-7-10-27(20)14-18)22(29)25-13-16-3-2-8-23-12-16;1-12-10-13(6-8-20-12)16-4-5-17-18(22-16)24(15-7-9-23(17)11-15)19(25)21-14-2-3-14/h1-6,8,10-11,17-18,34-35H,7,9,12-14H2,(H,29,31,36);2*2-6,8-9,11-12,18H,7,10,13-14H2,1H3,(H,25,29);4-6,8,10,14-15H,2-3,7,9,11H2,1H3,(H,21,25)/t17-,18-;2*18-;15-/m0000/s1. The molecule has 1 saturated carbocycles. The number of urea groups is 4. The Labute approximate surface area is 690 Å². The molecule has 0 spiro atoms. The van der Waals surface area contributed by atoms with Crippen molar-refractivity contribution in [2.24, 2.45) is 0 Å². The van der Waals surface area contributed by atoms with Crippen molar-refractivity contribution in [1.29, 1.82) is 0 Å². The van der Waals surface area contributed by atoms with E-state index in [-0.39, 0.29) is 54.7 Å². The Kier molecular flexibility index (Phi) is 22.5. The van der Waals surface area contributed by atoms with E-state index in [2.05, 4.69) is 94.0 Å². The number of rotatable bonds is 14. The molecule has 1 aromatic carbocycles. The molecule has 6 N–H and O–H groups in total. The number of fused-ring (bicyclic) bond motifs is 16. The molecule has 10 aromatic heterocycles. The van der Waals surface area contributed by atoms with E-state index in [1.807, 2.05) is 114 Å². The molecule has 32 heteroatoms. The number of amides is 8. The molecule has 1 aliphatic carbocycles. The molecule has 9 aliphatic rings. The molecule has 20 rings (SSSR count). The van der Waals surface area contributed by atoms with E-state index in [0.29, 0.717) is 54.9 Å². The van der Waals surface area contributed by atoms with Gasteiger partial charge in [0.1, 0.15) is 24.3 Å². The first kappa shape index (κ1) is 79.0. The van der Waals surface area contributed by atoms with Gasteiger partial charge in [-0.3, -0.25) is 49.8 Å². The number of nitrogens with one attached hydrogen (secondary N) is 4. The van der Waals surface area contributed by atoms with Crippen LogP contribution in [-0.2, 0) is 19.3 Å². The number of aliphatic hydroxyl groups is 2. The lowest BCUT2D eigenvalue weighted by atomic mass is 10.1. The number of hydrogen-bond donors (Lipinski definition) is 6. The van der Waals surface area contributed by atoms with E-state index in [1.165, 1.54) is 23.2 Å². The number of carbonyl (C=O) groups excluding carboxylic acids is 4.